The van der Waals surface area contributed by atoms with Crippen molar-refractivity contribution in [2.24, 2.45) is 11.3 Å². The fourth-order valence-electron chi connectivity index (χ4n) is 3.16. The average molecular weight is 195 g/mol. The van der Waals surface area contributed by atoms with Gasteiger partial charge in [0.1, 0.15) is 0 Å². The van der Waals surface area contributed by atoms with Crippen molar-refractivity contribution in [1.29, 1.82) is 0 Å². The quantitative estimate of drug-likeness (QED) is 0.620. The Morgan fingerprint density at radius 3 is 2.29 bits per heavy atom. The standard InChI is InChI=1S/C13H25N/c1-11-6-7-12(10-13(11,2)3)14-8-4-5-9-14/h11-12H,4-10H2,1-3H3. The minimum atomic E-state index is 0.575. The second-order valence-electron chi connectivity index (χ2n) is 6.07. The molecule has 1 nitrogen and oxygen atoms in total. The Morgan fingerprint density at radius 1 is 1.07 bits per heavy atom. The van der Waals surface area contributed by atoms with E-state index in [-0.39, 0.29) is 0 Å². The van der Waals surface area contributed by atoms with Crippen molar-refractivity contribution in [2.75, 3.05) is 13.1 Å². The number of likely N-dealkylation sites (tertiary alicyclic amines) is 1. The highest BCUT2D eigenvalue weighted by Gasteiger charge is 2.36. The van der Waals surface area contributed by atoms with Gasteiger partial charge in [-0.2, -0.15) is 0 Å². The third kappa shape index (κ3) is 1.98. The first-order valence-corrected chi connectivity index (χ1v) is 6.33. The summed E-state index contributed by atoms with van der Waals surface area (Å²) in [7, 11) is 0. The van der Waals surface area contributed by atoms with Gasteiger partial charge < -0.3 is 4.90 Å². The van der Waals surface area contributed by atoms with Gasteiger partial charge in [0, 0.05) is 6.04 Å². The van der Waals surface area contributed by atoms with Crippen molar-refractivity contribution in [3.05, 3.63) is 0 Å². The molecule has 1 aliphatic carbocycles. The largest absolute Gasteiger partial charge is 0.300 e. The van der Waals surface area contributed by atoms with Gasteiger partial charge in [-0.05, 0) is 56.5 Å². The van der Waals surface area contributed by atoms with Crippen LogP contribution in [0.4, 0.5) is 0 Å². The van der Waals surface area contributed by atoms with E-state index < -0.39 is 0 Å². The predicted molar refractivity (Wildman–Crippen MR) is 61.4 cm³/mol. The van der Waals surface area contributed by atoms with E-state index in [1.807, 2.05) is 0 Å². The van der Waals surface area contributed by atoms with Crippen LogP contribution in [0.1, 0.15) is 52.9 Å². The molecule has 0 aromatic heterocycles. The Morgan fingerprint density at radius 2 is 1.71 bits per heavy atom. The van der Waals surface area contributed by atoms with Gasteiger partial charge in [0.15, 0.2) is 0 Å². The first kappa shape index (κ1) is 10.5. The minimum absolute atomic E-state index is 0.575. The van der Waals surface area contributed by atoms with Crippen molar-refractivity contribution < 1.29 is 0 Å². The molecule has 0 aromatic rings. The van der Waals surface area contributed by atoms with E-state index in [4.69, 9.17) is 0 Å². The third-order valence-corrected chi connectivity index (χ3v) is 4.69. The maximum absolute atomic E-state index is 2.74. The number of hydrogen-bond acceptors (Lipinski definition) is 1. The summed E-state index contributed by atoms with van der Waals surface area (Å²) in [6.45, 7) is 10.1. The number of nitrogens with zero attached hydrogens (tertiary/aromatic N) is 1. The Bertz CT molecular complexity index is 191. The maximum atomic E-state index is 2.74. The third-order valence-electron chi connectivity index (χ3n) is 4.69. The smallest absolute Gasteiger partial charge is 0.0100 e. The van der Waals surface area contributed by atoms with Gasteiger partial charge in [0.05, 0.1) is 0 Å². The minimum Gasteiger partial charge on any atom is -0.300 e. The molecule has 0 amide bonds. The predicted octanol–water partition coefficient (Wildman–Crippen LogP) is 3.30. The summed E-state index contributed by atoms with van der Waals surface area (Å²) in [6.07, 6.45) is 7.19. The second kappa shape index (κ2) is 3.84. The number of rotatable bonds is 1. The lowest BCUT2D eigenvalue weighted by Crippen LogP contribution is -2.42. The molecule has 1 aliphatic heterocycles. The molecule has 1 saturated heterocycles. The molecule has 14 heavy (non-hydrogen) atoms. The summed E-state index contributed by atoms with van der Waals surface area (Å²) in [4.78, 5) is 2.74. The molecule has 0 spiro atoms. The maximum Gasteiger partial charge on any atom is 0.0100 e. The highest BCUT2D eigenvalue weighted by molar-refractivity contribution is 4.89. The molecular formula is C13H25N. The van der Waals surface area contributed by atoms with Gasteiger partial charge in [0.25, 0.3) is 0 Å². The van der Waals surface area contributed by atoms with Crippen molar-refractivity contribution in [2.45, 2.75) is 58.9 Å². The monoisotopic (exact) mass is 195 g/mol. The van der Waals surface area contributed by atoms with Crippen molar-refractivity contribution in [3.8, 4) is 0 Å². The lowest BCUT2D eigenvalue weighted by molar-refractivity contribution is 0.0677. The summed E-state index contributed by atoms with van der Waals surface area (Å²) >= 11 is 0. The molecule has 2 rings (SSSR count). The second-order valence-corrected chi connectivity index (χ2v) is 6.07. The highest BCUT2D eigenvalue weighted by Crippen LogP contribution is 2.42. The lowest BCUT2D eigenvalue weighted by atomic mass is 9.68. The van der Waals surface area contributed by atoms with Crippen LogP contribution in [0.5, 0.6) is 0 Å². The first-order valence-electron chi connectivity index (χ1n) is 6.33. The lowest BCUT2D eigenvalue weighted by Gasteiger charge is -2.44. The van der Waals surface area contributed by atoms with Gasteiger partial charge >= 0.3 is 0 Å². The zero-order valence-electron chi connectivity index (χ0n) is 10.1. The highest BCUT2D eigenvalue weighted by atomic mass is 15.2. The van der Waals surface area contributed by atoms with Gasteiger partial charge in [-0.25, -0.2) is 0 Å². The van der Waals surface area contributed by atoms with Gasteiger partial charge in [-0.1, -0.05) is 20.8 Å². The number of hydrogen-bond donors (Lipinski definition) is 0. The molecule has 1 heteroatoms. The van der Waals surface area contributed by atoms with Crippen molar-refractivity contribution in [1.82, 2.24) is 4.90 Å². The summed E-state index contributed by atoms with van der Waals surface area (Å²) in [5.41, 5.74) is 0.575. The van der Waals surface area contributed by atoms with Crippen LogP contribution >= 0.6 is 0 Å². The van der Waals surface area contributed by atoms with Crippen LogP contribution in [0.25, 0.3) is 0 Å². The summed E-state index contributed by atoms with van der Waals surface area (Å²) in [5, 5.41) is 0. The molecular weight excluding hydrogens is 170 g/mol. The Hall–Kier alpha value is -0.0400. The Balaban J connectivity index is 1.95. The van der Waals surface area contributed by atoms with Crippen molar-refractivity contribution in [3.63, 3.8) is 0 Å². The van der Waals surface area contributed by atoms with Crippen LogP contribution in [0.3, 0.4) is 0 Å². The summed E-state index contributed by atoms with van der Waals surface area (Å²) in [5.74, 6) is 0.918. The van der Waals surface area contributed by atoms with E-state index in [1.165, 1.54) is 45.2 Å². The van der Waals surface area contributed by atoms with Gasteiger partial charge in [0.2, 0.25) is 0 Å². The van der Waals surface area contributed by atoms with Crippen LogP contribution in [-0.4, -0.2) is 24.0 Å². The van der Waals surface area contributed by atoms with Gasteiger partial charge in [-0.15, -0.1) is 0 Å². The molecule has 2 aliphatic rings. The molecule has 0 N–H and O–H groups in total. The zero-order chi connectivity index (χ0) is 10.2. The SMILES string of the molecule is CC1CCC(N2CCCC2)CC1(C)C. The van der Waals surface area contributed by atoms with E-state index >= 15 is 0 Å². The average Bonchev–Trinajstić information content (AvgIpc) is 2.62. The van der Waals surface area contributed by atoms with Crippen LogP contribution in [0.15, 0.2) is 0 Å². The van der Waals surface area contributed by atoms with Crippen LogP contribution in [0, 0.1) is 11.3 Å². The van der Waals surface area contributed by atoms with E-state index in [0.717, 1.165) is 12.0 Å². The van der Waals surface area contributed by atoms with Gasteiger partial charge in [-0.3, -0.25) is 0 Å². The molecule has 1 saturated carbocycles. The molecule has 2 fully saturated rings. The zero-order valence-corrected chi connectivity index (χ0v) is 10.1. The first-order chi connectivity index (χ1) is 6.59. The summed E-state index contributed by atoms with van der Waals surface area (Å²) in [6, 6.07) is 0.906. The van der Waals surface area contributed by atoms with E-state index in [1.54, 1.807) is 0 Å². The van der Waals surface area contributed by atoms with Crippen LogP contribution < -0.4 is 0 Å². The Kier molecular flexibility index (Phi) is 2.88. The fraction of sp³-hybridized carbons (Fsp3) is 1.00. The Labute approximate surface area is 88.9 Å². The normalized spacial score (nSPS) is 38.8. The molecule has 82 valence electrons. The van der Waals surface area contributed by atoms with Crippen LogP contribution in [-0.2, 0) is 0 Å². The van der Waals surface area contributed by atoms with E-state index in [0.29, 0.717) is 5.41 Å². The van der Waals surface area contributed by atoms with Crippen molar-refractivity contribution >= 4 is 0 Å². The van der Waals surface area contributed by atoms with Crippen LogP contribution in [0.2, 0.25) is 0 Å². The molecule has 0 radical (unpaired) electrons. The van der Waals surface area contributed by atoms with E-state index in [2.05, 4.69) is 25.7 Å². The molecule has 2 unspecified atom stereocenters. The molecule has 2 atom stereocenters. The van der Waals surface area contributed by atoms with E-state index in [9.17, 15) is 0 Å². The molecule has 0 bridgehead atoms. The fourth-order valence-corrected chi connectivity index (χ4v) is 3.16. The molecule has 1 heterocycles. The topological polar surface area (TPSA) is 3.24 Å². The molecule has 0 aromatic carbocycles. The summed E-state index contributed by atoms with van der Waals surface area (Å²) < 4.78 is 0.